The zero-order valence-electron chi connectivity index (χ0n) is 17.4. The summed E-state index contributed by atoms with van der Waals surface area (Å²) in [5.74, 6) is 0.958. The highest BCUT2D eigenvalue weighted by Gasteiger charge is 2.02. The van der Waals surface area contributed by atoms with Crippen molar-refractivity contribution in [2.45, 2.75) is 84.5 Å². The Morgan fingerprint density at radius 1 is 0.704 bits per heavy atom. The van der Waals surface area contributed by atoms with Gasteiger partial charge in [-0.2, -0.15) is 0 Å². The van der Waals surface area contributed by atoms with Crippen molar-refractivity contribution in [1.82, 2.24) is 4.98 Å². The molecular formula is C25H37NO. The van der Waals surface area contributed by atoms with Crippen LogP contribution in [0.4, 0.5) is 0 Å². The van der Waals surface area contributed by atoms with Gasteiger partial charge >= 0.3 is 0 Å². The van der Waals surface area contributed by atoms with Crippen molar-refractivity contribution in [3.8, 4) is 17.0 Å². The smallest absolute Gasteiger partial charge is 0.119 e. The maximum absolute atomic E-state index is 5.87. The number of rotatable bonds is 14. The van der Waals surface area contributed by atoms with E-state index < -0.39 is 0 Å². The second-order valence-electron chi connectivity index (χ2n) is 7.50. The van der Waals surface area contributed by atoms with Crippen molar-refractivity contribution in [2.24, 2.45) is 0 Å². The molecule has 2 aromatic rings. The molecule has 27 heavy (non-hydrogen) atoms. The van der Waals surface area contributed by atoms with Gasteiger partial charge in [-0.05, 0) is 55.2 Å². The third-order valence-corrected chi connectivity index (χ3v) is 5.06. The summed E-state index contributed by atoms with van der Waals surface area (Å²) in [5.41, 5.74) is 3.53. The molecule has 148 valence electrons. The third-order valence-electron chi connectivity index (χ3n) is 5.06. The van der Waals surface area contributed by atoms with Crippen LogP contribution in [0, 0.1) is 0 Å². The first-order valence-corrected chi connectivity index (χ1v) is 11.0. The van der Waals surface area contributed by atoms with Crippen LogP contribution in [0.3, 0.4) is 0 Å². The number of aryl methyl sites for hydroxylation is 1. The minimum Gasteiger partial charge on any atom is -0.494 e. The molecule has 0 aliphatic carbocycles. The summed E-state index contributed by atoms with van der Waals surface area (Å²) in [4.78, 5) is 4.65. The van der Waals surface area contributed by atoms with Crippen molar-refractivity contribution in [2.75, 3.05) is 6.61 Å². The van der Waals surface area contributed by atoms with E-state index in [1.807, 2.05) is 6.20 Å². The fourth-order valence-corrected chi connectivity index (χ4v) is 3.29. The summed E-state index contributed by atoms with van der Waals surface area (Å²) in [6.07, 6.45) is 16.1. The van der Waals surface area contributed by atoms with Crippen LogP contribution in [0.2, 0.25) is 0 Å². The lowest BCUT2D eigenvalue weighted by Crippen LogP contribution is -1.97. The first-order chi connectivity index (χ1) is 13.3. The zero-order chi connectivity index (χ0) is 19.2. The predicted molar refractivity (Wildman–Crippen MR) is 116 cm³/mol. The molecule has 2 rings (SSSR count). The van der Waals surface area contributed by atoms with E-state index in [1.165, 1.54) is 63.4 Å². The molecule has 1 heterocycles. The van der Waals surface area contributed by atoms with Crippen molar-refractivity contribution in [3.63, 3.8) is 0 Å². The molecular weight excluding hydrogens is 330 g/mol. The van der Waals surface area contributed by atoms with Gasteiger partial charge in [-0.3, -0.25) is 4.98 Å². The monoisotopic (exact) mass is 367 g/mol. The van der Waals surface area contributed by atoms with Crippen molar-refractivity contribution < 1.29 is 4.74 Å². The van der Waals surface area contributed by atoms with E-state index in [1.54, 1.807) is 0 Å². The number of unbranched alkanes of at least 4 members (excludes halogenated alkanes) is 8. The van der Waals surface area contributed by atoms with E-state index in [0.29, 0.717) is 0 Å². The average molecular weight is 368 g/mol. The largest absolute Gasteiger partial charge is 0.494 e. The van der Waals surface area contributed by atoms with Crippen LogP contribution in [0.15, 0.2) is 42.6 Å². The van der Waals surface area contributed by atoms with E-state index in [-0.39, 0.29) is 0 Å². The highest BCUT2D eigenvalue weighted by Crippen LogP contribution is 2.21. The molecule has 0 fully saturated rings. The van der Waals surface area contributed by atoms with Crippen LogP contribution in [-0.4, -0.2) is 11.6 Å². The Bertz CT molecular complexity index is 603. The minimum atomic E-state index is 0.816. The van der Waals surface area contributed by atoms with Gasteiger partial charge in [-0.1, -0.05) is 71.3 Å². The molecule has 0 spiro atoms. The molecule has 0 unspecified atom stereocenters. The average Bonchev–Trinajstić information content (AvgIpc) is 2.71. The number of benzene rings is 1. The predicted octanol–water partition coefficient (Wildman–Crippen LogP) is 7.61. The van der Waals surface area contributed by atoms with Crippen LogP contribution in [0.5, 0.6) is 5.75 Å². The lowest BCUT2D eigenvalue weighted by atomic mass is 10.1. The first kappa shape index (κ1) is 21.5. The number of nitrogens with zero attached hydrogens (tertiary/aromatic N) is 1. The Hall–Kier alpha value is -1.83. The highest BCUT2D eigenvalue weighted by molar-refractivity contribution is 5.60. The van der Waals surface area contributed by atoms with Crippen LogP contribution in [0.25, 0.3) is 11.3 Å². The molecule has 2 heteroatoms. The minimum absolute atomic E-state index is 0.816. The molecule has 1 aromatic carbocycles. The second kappa shape index (κ2) is 13.4. The normalized spacial score (nSPS) is 10.9. The second-order valence-corrected chi connectivity index (χ2v) is 7.50. The van der Waals surface area contributed by atoms with Crippen LogP contribution in [0.1, 0.15) is 83.6 Å². The maximum atomic E-state index is 5.87. The quantitative estimate of drug-likeness (QED) is 0.320. The Morgan fingerprint density at radius 2 is 1.37 bits per heavy atom. The van der Waals surface area contributed by atoms with Gasteiger partial charge in [0.1, 0.15) is 5.75 Å². The Morgan fingerprint density at radius 3 is 2.04 bits per heavy atom. The summed E-state index contributed by atoms with van der Waals surface area (Å²) in [6, 6.07) is 12.7. The molecule has 0 saturated carbocycles. The molecule has 0 N–H and O–H groups in total. The van der Waals surface area contributed by atoms with E-state index in [0.717, 1.165) is 36.5 Å². The van der Waals surface area contributed by atoms with E-state index in [2.05, 4.69) is 55.2 Å². The van der Waals surface area contributed by atoms with Gasteiger partial charge in [0, 0.05) is 11.8 Å². The van der Waals surface area contributed by atoms with E-state index in [4.69, 9.17) is 4.74 Å². The highest BCUT2D eigenvalue weighted by atomic mass is 16.5. The summed E-state index contributed by atoms with van der Waals surface area (Å²) in [7, 11) is 0. The molecule has 0 amide bonds. The van der Waals surface area contributed by atoms with E-state index >= 15 is 0 Å². The van der Waals surface area contributed by atoms with Gasteiger partial charge in [-0.15, -0.1) is 0 Å². The molecule has 0 atom stereocenters. The molecule has 0 saturated heterocycles. The fourth-order valence-electron chi connectivity index (χ4n) is 3.29. The zero-order valence-corrected chi connectivity index (χ0v) is 17.4. The Balaban J connectivity index is 1.72. The van der Waals surface area contributed by atoms with Crippen LogP contribution in [-0.2, 0) is 6.42 Å². The van der Waals surface area contributed by atoms with Gasteiger partial charge in [-0.25, -0.2) is 0 Å². The van der Waals surface area contributed by atoms with Gasteiger partial charge in [0.2, 0.25) is 0 Å². The Kier molecular flexibility index (Phi) is 10.6. The number of aromatic nitrogens is 1. The molecule has 1 aromatic heterocycles. The first-order valence-electron chi connectivity index (χ1n) is 11.0. The molecule has 0 radical (unpaired) electrons. The molecule has 0 bridgehead atoms. The van der Waals surface area contributed by atoms with Gasteiger partial charge in [0.05, 0.1) is 12.3 Å². The number of pyridine rings is 1. The lowest BCUT2D eigenvalue weighted by Gasteiger charge is -2.08. The SMILES string of the molecule is CCCCCCCCOc1ccc(-c2ccc(CCCCCC)cn2)cc1. The van der Waals surface area contributed by atoms with Crippen LogP contribution < -0.4 is 4.74 Å². The Labute approximate surface area is 166 Å². The van der Waals surface area contributed by atoms with Crippen molar-refractivity contribution >= 4 is 0 Å². The fraction of sp³-hybridized carbons (Fsp3) is 0.560. The number of hydrogen-bond donors (Lipinski definition) is 0. The summed E-state index contributed by atoms with van der Waals surface area (Å²) < 4.78 is 5.87. The van der Waals surface area contributed by atoms with Crippen molar-refractivity contribution in [1.29, 1.82) is 0 Å². The maximum Gasteiger partial charge on any atom is 0.119 e. The van der Waals surface area contributed by atoms with E-state index in [9.17, 15) is 0 Å². The van der Waals surface area contributed by atoms with Crippen LogP contribution >= 0.6 is 0 Å². The van der Waals surface area contributed by atoms with Gasteiger partial charge < -0.3 is 4.74 Å². The third kappa shape index (κ3) is 8.60. The lowest BCUT2D eigenvalue weighted by molar-refractivity contribution is 0.304. The number of hydrogen-bond acceptors (Lipinski definition) is 2. The summed E-state index contributed by atoms with van der Waals surface area (Å²) in [5, 5.41) is 0. The summed E-state index contributed by atoms with van der Waals surface area (Å²) >= 11 is 0. The van der Waals surface area contributed by atoms with Gasteiger partial charge in [0.25, 0.3) is 0 Å². The molecule has 0 aliphatic rings. The van der Waals surface area contributed by atoms with Crippen molar-refractivity contribution in [3.05, 3.63) is 48.2 Å². The topological polar surface area (TPSA) is 22.1 Å². The molecule has 2 nitrogen and oxygen atoms in total. The number of ether oxygens (including phenoxy) is 1. The standard InChI is InChI=1S/C25H37NO/c1-3-5-7-9-10-12-20-27-24-17-15-23(16-18-24)25-19-14-22(21-26-25)13-11-8-6-4-2/h14-19,21H,3-13,20H2,1-2H3. The summed E-state index contributed by atoms with van der Waals surface area (Å²) in [6.45, 7) is 5.32. The molecule has 0 aliphatic heterocycles. The van der Waals surface area contributed by atoms with Gasteiger partial charge in [0.15, 0.2) is 0 Å².